The van der Waals surface area contributed by atoms with Gasteiger partial charge in [0.2, 0.25) is 5.89 Å². The van der Waals surface area contributed by atoms with Crippen molar-refractivity contribution in [3.8, 4) is 0 Å². The minimum absolute atomic E-state index is 0.341. The molecule has 0 atom stereocenters. The molecule has 0 aromatic carbocycles. The van der Waals surface area contributed by atoms with Gasteiger partial charge in [0, 0.05) is 6.42 Å². The Morgan fingerprint density at radius 1 is 1.29 bits per heavy atom. The molecule has 1 fully saturated rings. The molecule has 1 heterocycles. The van der Waals surface area contributed by atoms with Crippen molar-refractivity contribution in [2.45, 2.75) is 44.4 Å². The maximum atomic E-state index is 5.60. The van der Waals surface area contributed by atoms with Crippen LogP contribution in [0.25, 0.3) is 0 Å². The molecular weight excluding hydrogens is 200 g/mol. The molecule has 1 aromatic rings. The van der Waals surface area contributed by atoms with E-state index < -0.39 is 0 Å². The lowest BCUT2D eigenvalue weighted by Gasteiger charge is -2.19. The van der Waals surface area contributed by atoms with Crippen molar-refractivity contribution in [3.05, 3.63) is 11.7 Å². The molecule has 1 saturated carbocycles. The minimum atomic E-state index is 0.341. The van der Waals surface area contributed by atoms with Crippen molar-refractivity contribution < 1.29 is 4.52 Å². The Balaban J connectivity index is 1.89. The molecule has 0 N–H and O–H groups in total. The number of rotatable bonds is 3. The molecule has 2 rings (SSSR count). The average molecular weight is 215 g/mol. The van der Waals surface area contributed by atoms with Crippen LogP contribution in [0, 0.1) is 5.92 Å². The van der Waals surface area contributed by atoms with Crippen LogP contribution < -0.4 is 0 Å². The van der Waals surface area contributed by atoms with Gasteiger partial charge in [0.25, 0.3) is 0 Å². The van der Waals surface area contributed by atoms with E-state index in [1.807, 2.05) is 0 Å². The molecule has 0 spiro atoms. The monoisotopic (exact) mass is 214 g/mol. The number of alkyl halides is 1. The van der Waals surface area contributed by atoms with Crippen LogP contribution in [0.15, 0.2) is 4.52 Å². The van der Waals surface area contributed by atoms with Gasteiger partial charge in [-0.05, 0) is 18.8 Å². The molecule has 0 radical (unpaired) electrons. The third-order valence-corrected chi connectivity index (χ3v) is 3.06. The van der Waals surface area contributed by atoms with E-state index in [1.165, 1.54) is 32.1 Å². The van der Waals surface area contributed by atoms with E-state index in [0.717, 1.165) is 18.2 Å². The first-order valence-electron chi connectivity index (χ1n) is 5.26. The summed E-state index contributed by atoms with van der Waals surface area (Å²) < 4.78 is 5.11. The quantitative estimate of drug-likeness (QED) is 0.727. The topological polar surface area (TPSA) is 38.9 Å². The highest BCUT2D eigenvalue weighted by Gasteiger charge is 2.17. The molecule has 0 aliphatic heterocycles. The predicted molar refractivity (Wildman–Crippen MR) is 54.1 cm³/mol. The summed E-state index contributed by atoms with van der Waals surface area (Å²) >= 11 is 5.60. The van der Waals surface area contributed by atoms with Crippen LogP contribution in [0.1, 0.15) is 43.8 Å². The van der Waals surface area contributed by atoms with Crippen molar-refractivity contribution in [1.29, 1.82) is 0 Å². The lowest BCUT2D eigenvalue weighted by atomic mass is 9.87. The summed E-state index contributed by atoms with van der Waals surface area (Å²) in [6.45, 7) is 0. The average Bonchev–Trinajstić information content (AvgIpc) is 2.67. The first kappa shape index (κ1) is 9.97. The zero-order chi connectivity index (χ0) is 9.80. The lowest BCUT2D eigenvalue weighted by Crippen LogP contribution is -2.09. The van der Waals surface area contributed by atoms with Gasteiger partial charge in [-0.25, -0.2) is 0 Å². The SMILES string of the molecule is ClCc1noc(CC2CCCCC2)n1. The molecule has 14 heavy (non-hydrogen) atoms. The predicted octanol–water partition coefficient (Wildman–Crippen LogP) is 2.93. The van der Waals surface area contributed by atoms with Crippen LogP contribution in [-0.4, -0.2) is 10.1 Å². The number of nitrogens with zero attached hydrogens (tertiary/aromatic N) is 2. The van der Waals surface area contributed by atoms with Gasteiger partial charge in [-0.1, -0.05) is 24.4 Å². The zero-order valence-corrected chi connectivity index (χ0v) is 8.96. The Morgan fingerprint density at radius 2 is 2.07 bits per heavy atom. The molecule has 0 unspecified atom stereocenters. The maximum absolute atomic E-state index is 5.60. The molecule has 1 aliphatic rings. The standard InChI is InChI=1S/C10H15ClN2O/c11-7-9-12-10(14-13-9)6-8-4-2-1-3-5-8/h8H,1-7H2. The van der Waals surface area contributed by atoms with E-state index in [2.05, 4.69) is 10.1 Å². The second-order valence-electron chi connectivity index (χ2n) is 3.95. The van der Waals surface area contributed by atoms with Gasteiger partial charge in [0.15, 0.2) is 5.82 Å². The highest BCUT2D eigenvalue weighted by Crippen LogP contribution is 2.26. The van der Waals surface area contributed by atoms with Crippen molar-refractivity contribution in [2.24, 2.45) is 5.92 Å². The van der Waals surface area contributed by atoms with E-state index in [0.29, 0.717) is 11.7 Å². The summed E-state index contributed by atoms with van der Waals surface area (Å²) in [4.78, 5) is 4.21. The van der Waals surface area contributed by atoms with Crippen molar-refractivity contribution in [1.82, 2.24) is 10.1 Å². The van der Waals surface area contributed by atoms with Gasteiger partial charge in [-0.2, -0.15) is 4.98 Å². The molecule has 1 aromatic heterocycles. The lowest BCUT2D eigenvalue weighted by molar-refractivity contribution is 0.304. The Hall–Kier alpha value is -0.570. The van der Waals surface area contributed by atoms with Crippen molar-refractivity contribution in [3.63, 3.8) is 0 Å². The number of aromatic nitrogens is 2. The molecule has 4 heteroatoms. The van der Waals surface area contributed by atoms with Crippen LogP contribution in [0.3, 0.4) is 0 Å². The van der Waals surface area contributed by atoms with Gasteiger partial charge in [0.1, 0.15) is 0 Å². The summed E-state index contributed by atoms with van der Waals surface area (Å²) in [7, 11) is 0. The van der Waals surface area contributed by atoms with Gasteiger partial charge >= 0.3 is 0 Å². The maximum Gasteiger partial charge on any atom is 0.226 e. The highest BCUT2D eigenvalue weighted by atomic mass is 35.5. The molecule has 1 aliphatic carbocycles. The molecule has 3 nitrogen and oxygen atoms in total. The third-order valence-electron chi connectivity index (χ3n) is 2.82. The van der Waals surface area contributed by atoms with Gasteiger partial charge < -0.3 is 4.52 Å². The minimum Gasteiger partial charge on any atom is -0.339 e. The largest absolute Gasteiger partial charge is 0.339 e. The smallest absolute Gasteiger partial charge is 0.226 e. The summed E-state index contributed by atoms with van der Waals surface area (Å²) in [5, 5.41) is 3.78. The first-order chi connectivity index (χ1) is 6.88. The number of hydrogen-bond donors (Lipinski definition) is 0. The van der Waals surface area contributed by atoms with Crippen LogP contribution >= 0.6 is 11.6 Å². The van der Waals surface area contributed by atoms with Crippen LogP contribution in [0.2, 0.25) is 0 Å². The van der Waals surface area contributed by atoms with E-state index in [4.69, 9.17) is 16.1 Å². The Bertz CT molecular complexity index is 281. The van der Waals surface area contributed by atoms with Gasteiger partial charge in [-0.3, -0.25) is 0 Å². The third kappa shape index (κ3) is 2.47. The van der Waals surface area contributed by atoms with E-state index >= 15 is 0 Å². The fourth-order valence-electron chi connectivity index (χ4n) is 2.07. The second kappa shape index (κ2) is 4.78. The molecule has 0 amide bonds. The van der Waals surface area contributed by atoms with Crippen molar-refractivity contribution in [2.75, 3.05) is 0 Å². The fourth-order valence-corrected chi connectivity index (χ4v) is 2.17. The molecule has 0 saturated heterocycles. The molecular formula is C10H15ClN2O. The summed E-state index contributed by atoms with van der Waals surface area (Å²) in [5.41, 5.74) is 0. The Kier molecular flexibility index (Phi) is 3.40. The zero-order valence-electron chi connectivity index (χ0n) is 8.21. The van der Waals surface area contributed by atoms with Crippen LogP contribution in [-0.2, 0) is 12.3 Å². The normalized spacial score (nSPS) is 18.6. The van der Waals surface area contributed by atoms with E-state index in [-0.39, 0.29) is 0 Å². The van der Waals surface area contributed by atoms with E-state index in [9.17, 15) is 0 Å². The summed E-state index contributed by atoms with van der Waals surface area (Å²) in [6.07, 6.45) is 7.62. The van der Waals surface area contributed by atoms with E-state index in [1.54, 1.807) is 0 Å². The summed E-state index contributed by atoms with van der Waals surface area (Å²) in [5.74, 6) is 2.45. The fraction of sp³-hybridized carbons (Fsp3) is 0.800. The molecule has 78 valence electrons. The Labute approximate surface area is 88.8 Å². The highest BCUT2D eigenvalue weighted by molar-refractivity contribution is 6.16. The van der Waals surface area contributed by atoms with Crippen molar-refractivity contribution >= 4 is 11.6 Å². The number of halogens is 1. The van der Waals surface area contributed by atoms with Crippen LogP contribution in [0.4, 0.5) is 0 Å². The van der Waals surface area contributed by atoms with Gasteiger partial charge in [-0.15, -0.1) is 11.6 Å². The van der Waals surface area contributed by atoms with Crippen LogP contribution in [0.5, 0.6) is 0 Å². The summed E-state index contributed by atoms with van der Waals surface area (Å²) in [6, 6.07) is 0. The van der Waals surface area contributed by atoms with Gasteiger partial charge in [0.05, 0.1) is 5.88 Å². The first-order valence-corrected chi connectivity index (χ1v) is 5.79. The molecule has 0 bridgehead atoms. The number of hydrogen-bond acceptors (Lipinski definition) is 3. The Morgan fingerprint density at radius 3 is 2.71 bits per heavy atom. The second-order valence-corrected chi connectivity index (χ2v) is 4.21.